The van der Waals surface area contributed by atoms with Gasteiger partial charge in [0.1, 0.15) is 0 Å². The molecule has 2 unspecified atom stereocenters. The van der Waals surface area contributed by atoms with Crippen LogP contribution in [0.15, 0.2) is 0 Å². The van der Waals surface area contributed by atoms with Crippen LogP contribution in [0.25, 0.3) is 0 Å². The molecule has 0 bridgehead atoms. The van der Waals surface area contributed by atoms with Crippen molar-refractivity contribution < 1.29 is 0 Å². The van der Waals surface area contributed by atoms with Crippen LogP contribution in [0, 0.1) is 0 Å². The van der Waals surface area contributed by atoms with Gasteiger partial charge in [0.05, 0.1) is 0 Å². The first-order valence-corrected chi connectivity index (χ1v) is 6.80. The summed E-state index contributed by atoms with van der Waals surface area (Å²) in [5, 5.41) is 3.67. The third kappa shape index (κ3) is 2.73. The molecule has 15 heavy (non-hydrogen) atoms. The van der Waals surface area contributed by atoms with Gasteiger partial charge in [0, 0.05) is 24.7 Å². The Balaban J connectivity index is 1.75. The summed E-state index contributed by atoms with van der Waals surface area (Å²) in [6.45, 7) is 7.19. The van der Waals surface area contributed by atoms with Gasteiger partial charge in [-0.05, 0) is 45.6 Å². The van der Waals surface area contributed by atoms with E-state index in [9.17, 15) is 0 Å². The van der Waals surface area contributed by atoms with Crippen LogP contribution in [0.5, 0.6) is 0 Å². The van der Waals surface area contributed by atoms with E-state index in [4.69, 9.17) is 0 Å². The second kappa shape index (κ2) is 5.31. The number of hydrogen-bond donors (Lipinski definition) is 1. The maximum atomic E-state index is 3.67. The van der Waals surface area contributed by atoms with Crippen molar-refractivity contribution in [2.45, 2.75) is 70.5 Å². The van der Waals surface area contributed by atoms with Gasteiger partial charge in [0.25, 0.3) is 0 Å². The van der Waals surface area contributed by atoms with E-state index in [0.717, 1.165) is 18.1 Å². The Kier molecular flexibility index (Phi) is 4.04. The van der Waals surface area contributed by atoms with Gasteiger partial charge in [-0.3, -0.25) is 4.90 Å². The minimum Gasteiger partial charge on any atom is -0.314 e. The van der Waals surface area contributed by atoms with E-state index >= 15 is 0 Å². The summed E-state index contributed by atoms with van der Waals surface area (Å²) in [5.74, 6) is 0. The van der Waals surface area contributed by atoms with Crippen molar-refractivity contribution in [1.29, 1.82) is 0 Å². The molecule has 1 aliphatic carbocycles. The summed E-state index contributed by atoms with van der Waals surface area (Å²) in [4.78, 5) is 2.76. The molecule has 0 amide bonds. The normalized spacial score (nSPS) is 34.0. The molecule has 0 aromatic rings. The molecule has 0 radical (unpaired) electrons. The smallest absolute Gasteiger partial charge is 0.00981 e. The van der Waals surface area contributed by atoms with Gasteiger partial charge in [-0.15, -0.1) is 0 Å². The maximum Gasteiger partial charge on any atom is 0.00981 e. The molecule has 2 heteroatoms. The zero-order chi connectivity index (χ0) is 10.7. The fraction of sp³-hybridized carbons (Fsp3) is 1.00. The molecule has 1 aliphatic heterocycles. The molecule has 1 N–H and O–H groups in total. The molecule has 2 nitrogen and oxygen atoms in total. The zero-order valence-electron chi connectivity index (χ0n) is 10.3. The van der Waals surface area contributed by atoms with Crippen molar-refractivity contribution >= 4 is 0 Å². The highest BCUT2D eigenvalue weighted by atomic mass is 15.2. The Morgan fingerprint density at radius 2 is 2.07 bits per heavy atom. The second-order valence-electron chi connectivity index (χ2n) is 5.35. The Morgan fingerprint density at radius 1 is 1.27 bits per heavy atom. The molecule has 2 fully saturated rings. The van der Waals surface area contributed by atoms with Crippen molar-refractivity contribution in [3.05, 3.63) is 0 Å². The van der Waals surface area contributed by atoms with E-state index in [1.165, 1.54) is 51.6 Å². The summed E-state index contributed by atoms with van der Waals surface area (Å²) in [6, 6.07) is 2.53. The summed E-state index contributed by atoms with van der Waals surface area (Å²) < 4.78 is 0. The van der Waals surface area contributed by atoms with Gasteiger partial charge in [0.2, 0.25) is 0 Å². The van der Waals surface area contributed by atoms with Crippen molar-refractivity contribution in [1.82, 2.24) is 10.2 Å². The third-order valence-electron chi connectivity index (χ3n) is 4.15. The Bertz CT molecular complexity index is 189. The molecular weight excluding hydrogens is 184 g/mol. The number of likely N-dealkylation sites (tertiary alicyclic amines) is 1. The Morgan fingerprint density at radius 3 is 2.60 bits per heavy atom. The first-order valence-electron chi connectivity index (χ1n) is 6.80. The molecule has 0 spiro atoms. The largest absolute Gasteiger partial charge is 0.314 e. The molecule has 2 rings (SSSR count). The molecule has 88 valence electrons. The predicted octanol–water partition coefficient (Wildman–Crippen LogP) is 2.39. The van der Waals surface area contributed by atoms with E-state index in [0.29, 0.717) is 0 Å². The fourth-order valence-corrected chi connectivity index (χ4v) is 2.98. The average Bonchev–Trinajstić information content (AvgIpc) is 2.16. The van der Waals surface area contributed by atoms with Crippen molar-refractivity contribution in [3.63, 3.8) is 0 Å². The molecule has 1 saturated heterocycles. The lowest BCUT2D eigenvalue weighted by atomic mass is 9.87. The summed E-state index contributed by atoms with van der Waals surface area (Å²) in [7, 11) is 0. The van der Waals surface area contributed by atoms with Crippen molar-refractivity contribution in [2.75, 3.05) is 13.1 Å². The topological polar surface area (TPSA) is 15.3 Å². The highest BCUT2D eigenvalue weighted by Crippen LogP contribution is 2.30. The van der Waals surface area contributed by atoms with Gasteiger partial charge >= 0.3 is 0 Å². The lowest BCUT2D eigenvalue weighted by molar-refractivity contribution is 0.0483. The van der Waals surface area contributed by atoms with E-state index in [1.807, 2.05) is 0 Å². The summed E-state index contributed by atoms with van der Waals surface area (Å²) in [6.07, 6.45) is 8.36. The van der Waals surface area contributed by atoms with Gasteiger partial charge in [0.15, 0.2) is 0 Å². The van der Waals surface area contributed by atoms with Gasteiger partial charge in [-0.1, -0.05) is 13.3 Å². The van der Waals surface area contributed by atoms with E-state index in [-0.39, 0.29) is 0 Å². The number of nitrogens with zero attached hydrogens (tertiary/aromatic N) is 1. The standard InChI is InChI=1S/C13H26N2/c1-3-8-14-12-7-9-15(11(2)10-12)13-5-4-6-13/h11-14H,3-10H2,1-2H3. The van der Waals surface area contributed by atoms with Crippen molar-refractivity contribution in [3.8, 4) is 0 Å². The molecule has 0 aromatic heterocycles. The fourth-order valence-electron chi connectivity index (χ4n) is 2.98. The molecule has 2 atom stereocenters. The monoisotopic (exact) mass is 210 g/mol. The first-order chi connectivity index (χ1) is 7.31. The molecule has 2 aliphatic rings. The quantitative estimate of drug-likeness (QED) is 0.766. The van der Waals surface area contributed by atoms with E-state index in [1.54, 1.807) is 0 Å². The zero-order valence-corrected chi connectivity index (χ0v) is 10.3. The van der Waals surface area contributed by atoms with Crippen LogP contribution >= 0.6 is 0 Å². The van der Waals surface area contributed by atoms with Crippen LogP contribution in [0.2, 0.25) is 0 Å². The molecule has 0 aromatic carbocycles. The first kappa shape index (κ1) is 11.4. The minimum absolute atomic E-state index is 0.788. The summed E-state index contributed by atoms with van der Waals surface area (Å²) >= 11 is 0. The lowest BCUT2D eigenvalue weighted by Crippen LogP contribution is -2.53. The van der Waals surface area contributed by atoms with Gasteiger partial charge < -0.3 is 5.32 Å². The number of hydrogen-bond acceptors (Lipinski definition) is 2. The van der Waals surface area contributed by atoms with Gasteiger partial charge in [-0.25, -0.2) is 0 Å². The highest BCUT2D eigenvalue weighted by Gasteiger charge is 2.32. The van der Waals surface area contributed by atoms with Crippen LogP contribution in [0.1, 0.15) is 52.4 Å². The van der Waals surface area contributed by atoms with Crippen molar-refractivity contribution in [2.24, 2.45) is 0 Å². The second-order valence-corrected chi connectivity index (χ2v) is 5.35. The van der Waals surface area contributed by atoms with Crippen LogP contribution < -0.4 is 5.32 Å². The van der Waals surface area contributed by atoms with Crippen LogP contribution in [-0.4, -0.2) is 36.1 Å². The van der Waals surface area contributed by atoms with Crippen LogP contribution in [-0.2, 0) is 0 Å². The SMILES string of the molecule is CCCNC1CCN(C2CCC2)C(C)C1. The lowest BCUT2D eigenvalue weighted by Gasteiger charge is -2.46. The minimum atomic E-state index is 0.788. The summed E-state index contributed by atoms with van der Waals surface area (Å²) in [5.41, 5.74) is 0. The number of rotatable bonds is 4. The van der Waals surface area contributed by atoms with Gasteiger partial charge in [-0.2, -0.15) is 0 Å². The Hall–Kier alpha value is -0.0800. The third-order valence-corrected chi connectivity index (χ3v) is 4.15. The van der Waals surface area contributed by atoms with E-state index in [2.05, 4.69) is 24.1 Å². The Labute approximate surface area is 94.4 Å². The van der Waals surface area contributed by atoms with E-state index < -0.39 is 0 Å². The van der Waals surface area contributed by atoms with Crippen LogP contribution in [0.3, 0.4) is 0 Å². The number of piperidine rings is 1. The molecule has 1 saturated carbocycles. The van der Waals surface area contributed by atoms with Crippen LogP contribution in [0.4, 0.5) is 0 Å². The average molecular weight is 210 g/mol. The highest BCUT2D eigenvalue weighted by molar-refractivity contribution is 4.89. The number of nitrogens with one attached hydrogen (secondary N) is 1. The molecule has 1 heterocycles. The predicted molar refractivity (Wildman–Crippen MR) is 65.1 cm³/mol. The molecular formula is C13H26N2. The maximum absolute atomic E-state index is 3.67.